The van der Waals surface area contributed by atoms with Crippen LogP contribution >= 0.6 is 0 Å². The van der Waals surface area contributed by atoms with Gasteiger partial charge in [0.15, 0.2) is 5.82 Å². The Labute approximate surface area is 100.0 Å². The minimum absolute atomic E-state index is 0.0961. The van der Waals surface area contributed by atoms with Crippen LogP contribution in [0.25, 0.3) is 0 Å². The molecule has 2 unspecified atom stereocenters. The lowest BCUT2D eigenvalue weighted by molar-refractivity contribution is 0.102. The van der Waals surface area contributed by atoms with Crippen LogP contribution in [0.3, 0.4) is 0 Å². The summed E-state index contributed by atoms with van der Waals surface area (Å²) in [6.45, 7) is 3.35. The second-order valence-corrected chi connectivity index (χ2v) is 4.42. The summed E-state index contributed by atoms with van der Waals surface area (Å²) in [6.07, 6.45) is 3.62. The topological polar surface area (TPSA) is 99.1 Å². The summed E-state index contributed by atoms with van der Waals surface area (Å²) >= 11 is 0. The molecule has 1 aliphatic rings. The minimum atomic E-state index is -0.370. The van der Waals surface area contributed by atoms with Gasteiger partial charge < -0.3 is 15.7 Å². The fourth-order valence-electron chi connectivity index (χ4n) is 1.99. The van der Waals surface area contributed by atoms with Gasteiger partial charge >= 0.3 is 0 Å². The van der Waals surface area contributed by atoms with Crippen LogP contribution < -0.4 is 10.6 Å². The highest BCUT2D eigenvalue weighted by Crippen LogP contribution is 2.23. The van der Waals surface area contributed by atoms with E-state index in [-0.39, 0.29) is 11.9 Å². The number of aliphatic hydroxyl groups is 1. The van der Waals surface area contributed by atoms with E-state index in [1.807, 2.05) is 11.8 Å². The third-order valence-corrected chi connectivity index (χ3v) is 3.15. The first-order valence-corrected chi connectivity index (χ1v) is 5.68. The molecule has 0 aliphatic carbocycles. The number of aromatic nitrogens is 2. The van der Waals surface area contributed by atoms with Gasteiger partial charge in [0.05, 0.1) is 6.10 Å². The zero-order chi connectivity index (χ0) is 12.4. The van der Waals surface area contributed by atoms with Gasteiger partial charge in [0, 0.05) is 25.5 Å². The number of β-amino-alcohol motifs (C(OH)–C–C–N with tert-alkyl or cyclic N) is 1. The fourth-order valence-corrected chi connectivity index (χ4v) is 1.99. The summed E-state index contributed by atoms with van der Waals surface area (Å²) in [7, 11) is 0. The Kier molecular flexibility index (Phi) is 3.23. The normalized spacial score (nSPS) is 24.7. The SMILES string of the molecule is CC1CCN(c2nccnc2C(=N)N)CC1O. The number of nitrogen functional groups attached to an aromatic ring is 1. The predicted octanol–water partition coefficient (Wildman–Crippen LogP) is -0.0322. The van der Waals surface area contributed by atoms with Gasteiger partial charge in [-0.05, 0) is 12.3 Å². The molecule has 2 atom stereocenters. The number of anilines is 1. The number of nitrogens with zero attached hydrogens (tertiary/aromatic N) is 3. The summed E-state index contributed by atoms with van der Waals surface area (Å²) < 4.78 is 0. The van der Waals surface area contributed by atoms with Crippen molar-refractivity contribution in [1.29, 1.82) is 5.41 Å². The Morgan fingerprint density at radius 1 is 1.53 bits per heavy atom. The first kappa shape index (κ1) is 11.8. The molecule has 2 rings (SSSR count). The van der Waals surface area contributed by atoms with E-state index in [1.165, 1.54) is 6.20 Å². The standard InChI is InChI=1S/C11H17N5O/c1-7-2-5-16(6-8(7)17)11-9(10(12)13)14-3-4-15-11/h3-4,7-8,17H,2,5-6H2,1H3,(H3,12,13). The summed E-state index contributed by atoms with van der Waals surface area (Å²) in [6, 6.07) is 0. The molecule has 92 valence electrons. The molecule has 2 heterocycles. The molecule has 6 nitrogen and oxygen atoms in total. The summed E-state index contributed by atoms with van der Waals surface area (Å²) in [5.74, 6) is 0.788. The lowest BCUT2D eigenvalue weighted by Gasteiger charge is -2.35. The van der Waals surface area contributed by atoms with Gasteiger partial charge in [0.25, 0.3) is 0 Å². The number of piperidine rings is 1. The molecule has 0 spiro atoms. The quantitative estimate of drug-likeness (QED) is 0.494. The van der Waals surface area contributed by atoms with Crippen molar-refractivity contribution in [1.82, 2.24) is 9.97 Å². The molecule has 0 amide bonds. The van der Waals surface area contributed by atoms with Crippen LogP contribution in [-0.4, -0.2) is 40.1 Å². The van der Waals surface area contributed by atoms with Crippen molar-refractivity contribution in [2.24, 2.45) is 11.7 Å². The highest BCUT2D eigenvalue weighted by Gasteiger charge is 2.27. The third-order valence-electron chi connectivity index (χ3n) is 3.15. The predicted molar refractivity (Wildman–Crippen MR) is 65.0 cm³/mol. The third kappa shape index (κ3) is 2.36. The van der Waals surface area contributed by atoms with Crippen LogP contribution in [0, 0.1) is 11.3 Å². The Balaban J connectivity index is 2.25. The summed E-state index contributed by atoms with van der Waals surface area (Å²) in [4.78, 5) is 10.2. The van der Waals surface area contributed by atoms with E-state index in [0.717, 1.165) is 13.0 Å². The van der Waals surface area contributed by atoms with Gasteiger partial charge in [-0.3, -0.25) is 5.41 Å². The molecule has 1 aromatic heterocycles. The van der Waals surface area contributed by atoms with E-state index in [2.05, 4.69) is 9.97 Å². The molecule has 4 N–H and O–H groups in total. The molecule has 6 heteroatoms. The lowest BCUT2D eigenvalue weighted by Crippen LogP contribution is -2.44. The molecular formula is C11H17N5O. The first-order valence-electron chi connectivity index (χ1n) is 5.68. The van der Waals surface area contributed by atoms with E-state index in [9.17, 15) is 5.11 Å². The average Bonchev–Trinajstić information content (AvgIpc) is 2.32. The fraction of sp³-hybridized carbons (Fsp3) is 0.545. The molecule has 0 bridgehead atoms. The van der Waals surface area contributed by atoms with Crippen molar-refractivity contribution in [3.63, 3.8) is 0 Å². The van der Waals surface area contributed by atoms with Crippen molar-refractivity contribution < 1.29 is 5.11 Å². The molecule has 17 heavy (non-hydrogen) atoms. The Morgan fingerprint density at radius 2 is 2.24 bits per heavy atom. The van der Waals surface area contributed by atoms with Crippen molar-refractivity contribution in [2.45, 2.75) is 19.4 Å². The van der Waals surface area contributed by atoms with E-state index < -0.39 is 0 Å². The highest BCUT2D eigenvalue weighted by atomic mass is 16.3. The van der Waals surface area contributed by atoms with E-state index in [0.29, 0.717) is 24.0 Å². The molecular weight excluding hydrogens is 218 g/mol. The Morgan fingerprint density at radius 3 is 2.88 bits per heavy atom. The number of aliphatic hydroxyl groups excluding tert-OH is 1. The minimum Gasteiger partial charge on any atom is -0.391 e. The van der Waals surface area contributed by atoms with E-state index >= 15 is 0 Å². The number of nitrogens with two attached hydrogens (primary N) is 1. The number of rotatable bonds is 2. The number of amidine groups is 1. The maximum absolute atomic E-state index is 9.86. The largest absolute Gasteiger partial charge is 0.391 e. The second kappa shape index (κ2) is 4.67. The van der Waals surface area contributed by atoms with Gasteiger partial charge in [-0.2, -0.15) is 0 Å². The summed E-state index contributed by atoms with van der Waals surface area (Å²) in [5, 5.41) is 17.3. The Bertz CT molecular complexity index is 422. The zero-order valence-corrected chi connectivity index (χ0v) is 9.80. The molecule has 0 aromatic carbocycles. The maximum atomic E-state index is 9.86. The molecule has 1 aliphatic heterocycles. The molecule has 1 fully saturated rings. The maximum Gasteiger partial charge on any atom is 0.158 e. The van der Waals surface area contributed by atoms with Gasteiger partial charge in [-0.25, -0.2) is 9.97 Å². The van der Waals surface area contributed by atoms with Crippen molar-refractivity contribution in [3.8, 4) is 0 Å². The second-order valence-electron chi connectivity index (χ2n) is 4.42. The van der Waals surface area contributed by atoms with Crippen LogP contribution in [0.4, 0.5) is 5.82 Å². The molecule has 1 aromatic rings. The number of hydrogen-bond acceptors (Lipinski definition) is 5. The molecule has 0 saturated carbocycles. The van der Waals surface area contributed by atoms with Crippen molar-refractivity contribution in [2.75, 3.05) is 18.0 Å². The number of nitrogens with one attached hydrogen (secondary N) is 1. The molecule has 0 radical (unpaired) electrons. The monoisotopic (exact) mass is 235 g/mol. The molecule has 1 saturated heterocycles. The van der Waals surface area contributed by atoms with Gasteiger partial charge in [0.2, 0.25) is 0 Å². The van der Waals surface area contributed by atoms with Gasteiger partial charge in [-0.1, -0.05) is 6.92 Å². The lowest BCUT2D eigenvalue weighted by atomic mass is 9.96. The average molecular weight is 235 g/mol. The van der Waals surface area contributed by atoms with Gasteiger partial charge in [-0.15, -0.1) is 0 Å². The van der Waals surface area contributed by atoms with Crippen LogP contribution in [0.5, 0.6) is 0 Å². The number of hydrogen-bond donors (Lipinski definition) is 3. The van der Waals surface area contributed by atoms with Crippen molar-refractivity contribution in [3.05, 3.63) is 18.1 Å². The van der Waals surface area contributed by atoms with Crippen LogP contribution in [0.1, 0.15) is 19.0 Å². The van der Waals surface area contributed by atoms with Gasteiger partial charge in [0.1, 0.15) is 11.5 Å². The van der Waals surface area contributed by atoms with Crippen LogP contribution in [0.15, 0.2) is 12.4 Å². The van der Waals surface area contributed by atoms with E-state index in [4.69, 9.17) is 11.1 Å². The zero-order valence-electron chi connectivity index (χ0n) is 9.80. The first-order chi connectivity index (χ1) is 8.09. The Hall–Kier alpha value is -1.69. The summed E-state index contributed by atoms with van der Waals surface area (Å²) in [5.41, 5.74) is 5.86. The van der Waals surface area contributed by atoms with E-state index in [1.54, 1.807) is 6.20 Å². The van der Waals surface area contributed by atoms with Crippen LogP contribution in [0.2, 0.25) is 0 Å². The van der Waals surface area contributed by atoms with Crippen LogP contribution in [-0.2, 0) is 0 Å². The highest BCUT2D eigenvalue weighted by molar-refractivity contribution is 5.97. The van der Waals surface area contributed by atoms with Crippen molar-refractivity contribution >= 4 is 11.7 Å². The smallest absolute Gasteiger partial charge is 0.158 e.